The summed E-state index contributed by atoms with van der Waals surface area (Å²) in [5, 5.41) is 8.75. The zero-order valence-electron chi connectivity index (χ0n) is 10.2. The van der Waals surface area contributed by atoms with Gasteiger partial charge < -0.3 is 4.90 Å². The first-order valence-corrected chi connectivity index (χ1v) is 5.75. The van der Waals surface area contributed by atoms with Crippen molar-refractivity contribution in [2.75, 3.05) is 6.54 Å². The first kappa shape index (κ1) is 13.0. The van der Waals surface area contributed by atoms with Crippen molar-refractivity contribution in [3.05, 3.63) is 65.9 Å². The van der Waals surface area contributed by atoms with Gasteiger partial charge in [-0.3, -0.25) is 0 Å². The number of alkyl halides is 2. The van der Waals surface area contributed by atoms with Gasteiger partial charge in [0.05, 0.1) is 18.2 Å². The smallest absolute Gasteiger partial charge is 0.256 e. The van der Waals surface area contributed by atoms with Crippen LogP contribution in [0.1, 0.15) is 11.1 Å². The molecule has 4 heteroatoms. The second-order valence-electron chi connectivity index (χ2n) is 4.09. The van der Waals surface area contributed by atoms with Gasteiger partial charge in [0.1, 0.15) is 0 Å². The highest BCUT2D eigenvalue weighted by atomic mass is 19.3. The molecule has 0 saturated carbocycles. The average Bonchev–Trinajstić information content (AvgIpc) is 2.41. The minimum absolute atomic E-state index is 0.394. The van der Waals surface area contributed by atoms with E-state index in [1.165, 1.54) is 4.90 Å². The predicted molar refractivity (Wildman–Crippen MR) is 70.1 cm³/mol. The number of allylic oxidation sites excluding steroid dienone is 3. The minimum Gasteiger partial charge on any atom is -0.336 e. The van der Waals surface area contributed by atoms with Crippen molar-refractivity contribution in [3.63, 3.8) is 0 Å². The minimum atomic E-state index is -2.44. The van der Waals surface area contributed by atoms with E-state index >= 15 is 0 Å². The summed E-state index contributed by atoms with van der Waals surface area (Å²) < 4.78 is 25.2. The molecule has 0 amide bonds. The van der Waals surface area contributed by atoms with Crippen molar-refractivity contribution < 1.29 is 8.78 Å². The lowest BCUT2D eigenvalue weighted by Gasteiger charge is -2.29. The molecule has 19 heavy (non-hydrogen) atoms. The van der Waals surface area contributed by atoms with E-state index in [0.717, 1.165) is 5.56 Å². The molecular weight excluding hydrogens is 246 g/mol. The van der Waals surface area contributed by atoms with Crippen molar-refractivity contribution in [2.24, 2.45) is 0 Å². The molecule has 0 N–H and O–H groups in total. The maximum absolute atomic E-state index is 12.6. The van der Waals surface area contributed by atoms with Crippen LogP contribution in [0.3, 0.4) is 0 Å². The van der Waals surface area contributed by atoms with Crippen LogP contribution in [0.15, 0.2) is 54.8 Å². The number of hydrogen-bond donors (Lipinski definition) is 0. The molecule has 1 aromatic rings. The fourth-order valence-electron chi connectivity index (χ4n) is 1.91. The Morgan fingerprint density at radius 3 is 2.53 bits per heavy atom. The Labute approximate surface area is 110 Å². The van der Waals surface area contributed by atoms with E-state index in [1.54, 1.807) is 42.5 Å². The van der Waals surface area contributed by atoms with Crippen LogP contribution >= 0.6 is 0 Å². The Hall–Kier alpha value is -2.41. The van der Waals surface area contributed by atoms with Gasteiger partial charge in [-0.2, -0.15) is 5.26 Å². The van der Waals surface area contributed by atoms with E-state index in [2.05, 4.69) is 6.58 Å². The highest BCUT2D eigenvalue weighted by Crippen LogP contribution is 2.27. The molecule has 2 nitrogen and oxygen atoms in total. The van der Waals surface area contributed by atoms with Crippen LogP contribution in [-0.4, -0.2) is 17.9 Å². The summed E-state index contributed by atoms with van der Waals surface area (Å²) in [7, 11) is 0. The Morgan fingerprint density at radius 2 is 1.95 bits per heavy atom. The van der Waals surface area contributed by atoms with Crippen molar-refractivity contribution in [1.29, 1.82) is 5.26 Å². The molecule has 0 aliphatic carbocycles. The Kier molecular flexibility index (Phi) is 3.76. The summed E-state index contributed by atoms with van der Waals surface area (Å²) in [4.78, 5) is 1.48. The van der Waals surface area contributed by atoms with E-state index in [0.29, 0.717) is 17.0 Å². The summed E-state index contributed by atoms with van der Waals surface area (Å²) in [6.45, 7) is 3.38. The molecule has 0 aromatic heterocycles. The lowest BCUT2D eigenvalue weighted by atomic mass is 10.1. The van der Waals surface area contributed by atoms with E-state index in [-0.39, 0.29) is 0 Å². The van der Waals surface area contributed by atoms with Crippen LogP contribution in [0.2, 0.25) is 0 Å². The van der Waals surface area contributed by atoms with Gasteiger partial charge in [-0.05, 0) is 29.8 Å². The monoisotopic (exact) mass is 258 g/mol. The van der Waals surface area contributed by atoms with E-state index in [4.69, 9.17) is 5.26 Å². The van der Waals surface area contributed by atoms with Crippen LogP contribution in [0.25, 0.3) is 5.70 Å². The summed E-state index contributed by atoms with van der Waals surface area (Å²) in [5.41, 5.74) is 2.51. The number of rotatable bonds is 3. The zero-order chi connectivity index (χ0) is 13.8. The Bertz CT molecular complexity index is 577. The molecule has 0 spiro atoms. The first-order valence-electron chi connectivity index (χ1n) is 5.75. The molecule has 1 aliphatic heterocycles. The largest absolute Gasteiger partial charge is 0.336 e. The molecule has 0 fully saturated rings. The van der Waals surface area contributed by atoms with Gasteiger partial charge in [-0.25, -0.2) is 8.78 Å². The number of halogens is 2. The molecule has 0 radical (unpaired) electrons. The fraction of sp³-hybridized carbons (Fsp3) is 0.133. The fourth-order valence-corrected chi connectivity index (χ4v) is 1.91. The normalized spacial score (nSPS) is 14.5. The van der Waals surface area contributed by atoms with Gasteiger partial charge >= 0.3 is 0 Å². The topological polar surface area (TPSA) is 27.0 Å². The van der Waals surface area contributed by atoms with Crippen LogP contribution < -0.4 is 0 Å². The van der Waals surface area contributed by atoms with Gasteiger partial charge in [0, 0.05) is 11.4 Å². The SMILES string of the molecule is C=C1C=CC=C(c2ccc(C#N)cc2)N1CC(F)F. The van der Waals surface area contributed by atoms with E-state index in [9.17, 15) is 8.78 Å². The van der Waals surface area contributed by atoms with Gasteiger partial charge in [-0.1, -0.05) is 24.8 Å². The number of benzene rings is 1. The molecule has 2 rings (SSSR count). The lowest BCUT2D eigenvalue weighted by molar-refractivity contribution is 0.123. The Morgan fingerprint density at radius 1 is 1.26 bits per heavy atom. The second kappa shape index (κ2) is 5.49. The first-order chi connectivity index (χ1) is 9.11. The van der Waals surface area contributed by atoms with Gasteiger partial charge in [0.25, 0.3) is 6.43 Å². The summed E-state index contributed by atoms with van der Waals surface area (Å²) >= 11 is 0. The summed E-state index contributed by atoms with van der Waals surface area (Å²) in [5.74, 6) is 0. The van der Waals surface area contributed by atoms with Crippen LogP contribution in [0, 0.1) is 11.3 Å². The van der Waals surface area contributed by atoms with Crippen LogP contribution in [0.4, 0.5) is 8.78 Å². The molecular formula is C15H12F2N2. The third-order valence-corrected chi connectivity index (χ3v) is 2.81. The second-order valence-corrected chi connectivity index (χ2v) is 4.09. The summed E-state index contributed by atoms with van der Waals surface area (Å²) in [6.07, 6.45) is 2.79. The number of hydrogen-bond acceptors (Lipinski definition) is 2. The van der Waals surface area contributed by atoms with Crippen molar-refractivity contribution >= 4 is 5.70 Å². The van der Waals surface area contributed by atoms with Crippen molar-refractivity contribution in [2.45, 2.75) is 6.43 Å². The van der Waals surface area contributed by atoms with Gasteiger partial charge in [0.2, 0.25) is 0 Å². The third kappa shape index (κ3) is 2.89. The number of nitrogens with zero attached hydrogens (tertiary/aromatic N) is 2. The van der Waals surface area contributed by atoms with Crippen molar-refractivity contribution in [3.8, 4) is 6.07 Å². The van der Waals surface area contributed by atoms with Gasteiger partial charge in [-0.15, -0.1) is 0 Å². The number of nitriles is 1. The molecule has 0 atom stereocenters. The zero-order valence-corrected chi connectivity index (χ0v) is 10.2. The molecule has 1 aromatic carbocycles. The average molecular weight is 258 g/mol. The van der Waals surface area contributed by atoms with E-state index in [1.807, 2.05) is 6.07 Å². The summed E-state index contributed by atoms with van der Waals surface area (Å²) in [6, 6.07) is 8.84. The molecule has 0 saturated heterocycles. The van der Waals surface area contributed by atoms with Crippen LogP contribution in [0.5, 0.6) is 0 Å². The van der Waals surface area contributed by atoms with E-state index < -0.39 is 13.0 Å². The quantitative estimate of drug-likeness (QED) is 0.829. The van der Waals surface area contributed by atoms with Crippen LogP contribution in [-0.2, 0) is 0 Å². The standard InChI is InChI=1S/C15H12F2N2/c1-11-3-2-4-14(19(11)10-15(16)17)13-7-5-12(9-18)6-8-13/h2-8,15H,1,10H2. The molecule has 1 aliphatic rings. The predicted octanol–water partition coefficient (Wildman–Crippen LogP) is 3.55. The highest BCUT2D eigenvalue weighted by Gasteiger charge is 2.19. The lowest BCUT2D eigenvalue weighted by Crippen LogP contribution is -2.27. The van der Waals surface area contributed by atoms with Crippen molar-refractivity contribution in [1.82, 2.24) is 4.90 Å². The highest BCUT2D eigenvalue weighted by molar-refractivity contribution is 5.70. The third-order valence-electron chi connectivity index (χ3n) is 2.81. The maximum atomic E-state index is 12.6. The molecule has 96 valence electrons. The Balaban J connectivity index is 2.34. The molecule has 0 unspecified atom stereocenters. The molecule has 1 heterocycles. The maximum Gasteiger partial charge on any atom is 0.256 e. The molecule has 0 bridgehead atoms. The van der Waals surface area contributed by atoms with Gasteiger partial charge in [0.15, 0.2) is 0 Å².